The molecule has 0 bridgehead atoms. The molecule has 0 saturated carbocycles. The second kappa shape index (κ2) is 11.7. The molecule has 1 aromatic heterocycles. The third-order valence-electron chi connectivity index (χ3n) is 3.70. The van der Waals surface area contributed by atoms with E-state index in [0.717, 1.165) is 4.88 Å². The van der Waals surface area contributed by atoms with Crippen LogP contribution < -0.4 is 15.4 Å². The molecule has 7 nitrogen and oxygen atoms in total. The summed E-state index contributed by atoms with van der Waals surface area (Å²) < 4.78 is 26.9. The van der Waals surface area contributed by atoms with E-state index in [2.05, 4.69) is 20.3 Å². The molecule has 1 aromatic carbocycles. The van der Waals surface area contributed by atoms with Crippen LogP contribution in [-0.2, 0) is 15.6 Å². The highest BCUT2D eigenvalue weighted by Crippen LogP contribution is 2.25. The number of nitrogens with one attached hydrogen (secondary N) is 3. The number of aliphatic hydroxyl groups is 1. The van der Waals surface area contributed by atoms with Gasteiger partial charge in [-0.3, -0.25) is 0 Å². The fraction of sp³-hybridized carbons (Fsp3) is 0.389. The molecule has 0 spiro atoms. The molecule has 0 saturated heterocycles. The average Bonchev–Trinajstić information content (AvgIpc) is 3.20. The van der Waals surface area contributed by atoms with Crippen LogP contribution in [0.2, 0.25) is 0 Å². The molecular weight excluding hydrogens is 511 g/mol. The third kappa shape index (κ3) is 7.66. The van der Waals surface area contributed by atoms with Crippen molar-refractivity contribution in [2.24, 2.45) is 4.99 Å². The first-order valence-electron chi connectivity index (χ1n) is 8.68. The van der Waals surface area contributed by atoms with E-state index in [1.165, 1.54) is 11.3 Å². The van der Waals surface area contributed by atoms with Crippen molar-refractivity contribution in [3.8, 4) is 0 Å². The molecule has 10 heteroatoms. The fourth-order valence-electron chi connectivity index (χ4n) is 2.29. The quantitative estimate of drug-likeness (QED) is 0.170. The molecule has 156 valence electrons. The Kier molecular flexibility index (Phi) is 10.4. The second-order valence-corrected chi connectivity index (χ2v) is 8.80. The average molecular weight is 538 g/mol. The Labute approximate surface area is 187 Å². The minimum absolute atomic E-state index is 0. The van der Waals surface area contributed by atoms with E-state index in [4.69, 9.17) is 0 Å². The van der Waals surface area contributed by atoms with Gasteiger partial charge in [-0.05, 0) is 37.4 Å². The molecule has 1 atom stereocenters. The van der Waals surface area contributed by atoms with Gasteiger partial charge in [-0.2, -0.15) is 0 Å². The lowest BCUT2D eigenvalue weighted by molar-refractivity contribution is 0.0711. The SMILES string of the molecule is CCNC(=NCC(C)(O)c1cccs1)NCCNS(=O)(=O)c1ccccc1.I. The summed E-state index contributed by atoms with van der Waals surface area (Å²) in [5.74, 6) is 0.522. The lowest BCUT2D eigenvalue weighted by Crippen LogP contribution is -2.42. The Morgan fingerprint density at radius 1 is 1.14 bits per heavy atom. The van der Waals surface area contributed by atoms with Crippen LogP contribution in [0.15, 0.2) is 57.7 Å². The molecule has 2 aromatic rings. The van der Waals surface area contributed by atoms with Crippen LogP contribution in [0.1, 0.15) is 18.7 Å². The molecule has 1 heterocycles. The van der Waals surface area contributed by atoms with Gasteiger partial charge in [-0.1, -0.05) is 24.3 Å². The van der Waals surface area contributed by atoms with Crippen LogP contribution in [0.25, 0.3) is 0 Å². The Hall–Kier alpha value is -1.21. The molecule has 0 radical (unpaired) electrons. The van der Waals surface area contributed by atoms with Gasteiger partial charge in [0, 0.05) is 24.5 Å². The normalized spacial score (nSPS) is 14.0. The van der Waals surface area contributed by atoms with Crippen LogP contribution in [0, 0.1) is 0 Å². The van der Waals surface area contributed by atoms with Crippen LogP contribution in [-0.4, -0.2) is 45.7 Å². The Balaban J connectivity index is 0.00000392. The smallest absolute Gasteiger partial charge is 0.240 e. The maximum absolute atomic E-state index is 12.2. The summed E-state index contributed by atoms with van der Waals surface area (Å²) in [4.78, 5) is 5.49. The number of aliphatic imine (C=N–C) groups is 1. The zero-order valence-electron chi connectivity index (χ0n) is 15.9. The number of nitrogens with zero attached hydrogens (tertiary/aromatic N) is 1. The first-order chi connectivity index (χ1) is 12.8. The van der Waals surface area contributed by atoms with Gasteiger partial charge in [0.1, 0.15) is 5.60 Å². The van der Waals surface area contributed by atoms with Crippen molar-refractivity contribution >= 4 is 51.3 Å². The topological polar surface area (TPSA) is 103 Å². The maximum atomic E-state index is 12.2. The van der Waals surface area contributed by atoms with E-state index in [1.54, 1.807) is 37.3 Å². The standard InChI is InChI=1S/C18H26N4O3S2.HI/c1-3-19-17(21-14-18(2,23)16-10-7-13-26-16)20-11-12-22-27(24,25)15-8-5-4-6-9-15;/h4-10,13,22-23H,3,11-12,14H2,1-2H3,(H2,19,20,21);1H. The van der Waals surface area contributed by atoms with Crippen molar-refractivity contribution in [3.05, 3.63) is 52.7 Å². The van der Waals surface area contributed by atoms with E-state index in [1.807, 2.05) is 24.4 Å². The molecule has 0 aliphatic rings. The molecule has 28 heavy (non-hydrogen) atoms. The zero-order valence-corrected chi connectivity index (χ0v) is 19.8. The number of guanidine groups is 1. The summed E-state index contributed by atoms with van der Waals surface area (Å²) in [5, 5.41) is 18.6. The highest BCUT2D eigenvalue weighted by Gasteiger charge is 2.24. The van der Waals surface area contributed by atoms with Crippen molar-refractivity contribution in [1.29, 1.82) is 0 Å². The number of halogens is 1. The molecule has 1 unspecified atom stereocenters. The van der Waals surface area contributed by atoms with Crippen molar-refractivity contribution < 1.29 is 13.5 Å². The molecule has 0 aliphatic heterocycles. The lowest BCUT2D eigenvalue weighted by atomic mass is 10.1. The van der Waals surface area contributed by atoms with Gasteiger partial charge in [0.2, 0.25) is 10.0 Å². The predicted octanol–water partition coefficient (Wildman–Crippen LogP) is 2.11. The number of thiophene rings is 1. The predicted molar refractivity (Wildman–Crippen MR) is 125 cm³/mol. The van der Waals surface area contributed by atoms with Crippen LogP contribution in [0.5, 0.6) is 0 Å². The van der Waals surface area contributed by atoms with E-state index >= 15 is 0 Å². The summed E-state index contributed by atoms with van der Waals surface area (Å²) >= 11 is 1.48. The third-order valence-corrected chi connectivity index (χ3v) is 6.30. The Bertz CT molecular complexity index is 826. The minimum atomic E-state index is -3.52. The van der Waals surface area contributed by atoms with Crippen molar-refractivity contribution in [2.75, 3.05) is 26.2 Å². The number of hydrogen-bond donors (Lipinski definition) is 4. The van der Waals surface area contributed by atoms with Crippen molar-refractivity contribution in [3.63, 3.8) is 0 Å². The van der Waals surface area contributed by atoms with Gasteiger partial charge in [-0.15, -0.1) is 35.3 Å². The number of sulfonamides is 1. The summed E-state index contributed by atoms with van der Waals surface area (Å²) in [6.07, 6.45) is 0. The Morgan fingerprint density at radius 3 is 2.46 bits per heavy atom. The van der Waals surface area contributed by atoms with Gasteiger partial charge in [0.25, 0.3) is 0 Å². The molecule has 0 aliphatic carbocycles. The lowest BCUT2D eigenvalue weighted by Gasteiger charge is -2.20. The summed E-state index contributed by atoms with van der Waals surface area (Å²) in [6.45, 7) is 5.08. The molecule has 0 amide bonds. The number of benzene rings is 1. The molecular formula is C18H27IN4O3S2. The summed E-state index contributed by atoms with van der Waals surface area (Å²) in [7, 11) is -3.52. The monoisotopic (exact) mass is 538 g/mol. The van der Waals surface area contributed by atoms with Crippen molar-refractivity contribution in [1.82, 2.24) is 15.4 Å². The molecule has 4 N–H and O–H groups in total. The minimum Gasteiger partial charge on any atom is -0.383 e. The van der Waals surface area contributed by atoms with Crippen LogP contribution in [0.3, 0.4) is 0 Å². The van der Waals surface area contributed by atoms with E-state index in [-0.39, 0.29) is 42.0 Å². The summed E-state index contributed by atoms with van der Waals surface area (Å²) in [5.41, 5.74) is -1.05. The second-order valence-electron chi connectivity index (χ2n) is 6.08. The van der Waals surface area contributed by atoms with Gasteiger partial charge in [-0.25, -0.2) is 18.1 Å². The van der Waals surface area contributed by atoms with Crippen molar-refractivity contribution in [2.45, 2.75) is 24.3 Å². The zero-order chi connectivity index (χ0) is 19.8. The van der Waals surface area contributed by atoms with E-state index < -0.39 is 15.6 Å². The highest BCUT2D eigenvalue weighted by molar-refractivity contribution is 14.0. The van der Waals surface area contributed by atoms with Gasteiger partial charge < -0.3 is 15.7 Å². The number of hydrogen-bond acceptors (Lipinski definition) is 5. The molecule has 2 rings (SSSR count). The first-order valence-corrected chi connectivity index (χ1v) is 11.0. The highest BCUT2D eigenvalue weighted by atomic mass is 127. The Morgan fingerprint density at radius 2 is 1.86 bits per heavy atom. The van der Waals surface area contributed by atoms with Gasteiger partial charge in [0.15, 0.2) is 5.96 Å². The van der Waals surface area contributed by atoms with Crippen LogP contribution in [0.4, 0.5) is 0 Å². The van der Waals surface area contributed by atoms with Crippen LogP contribution >= 0.6 is 35.3 Å². The number of rotatable bonds is 9. The fourth-order valence-corrected chi connectivity index (χ4v) is 4.12. The largest absolute Gasteiger partial charge is 0.383 e. The molecule has 0 fully saturated rings. The van der Waals surface area contributed by atoms with E-state index in [0.29, 0.717) is 19.0 Å². The van der Waals surface area contributed by atoms with E-state index in [9.17, 15) is 13.5 Å². The van der Waals surface area contributed by atoms with Gasteiger partial charge in [0.05, 0.1) is 11.4 Å². The summed E-state index contributed by atoms with van der Waals surface area (Å²) in [6, 6.07) is 12.0. The maximum Gasteiger partial charge on any atom is 0.240 e. The van der Waals surface area contributed by atoms with Gasteiger partial charge >= 0.3 is 0 Å². The first kappa shape index (κ1) is 24.8.